The zero-order valence-electron chi connectivity index (χ0n) is 15.9. The van der Waals surface area contributed by atoms with Crippen LogP contribution in [0.4, 0.5) is 0 Å². The van der Waals surface area contributed by atoms with Gasteiger partial charge in [-0.25, -0.2) is 0 Å². The molecule has 3 rings (SSSR count). The lowest BCUT2D eigenvalue weighted by Gasteiger charge is -2.17. The van der Waals surface area contributed by atoms with E-state index in [-0.39, 0.29) is 6.79 Å². The number of fused-ring (bicyclic) bond motifs is 1. The maximum Gasteiger partial charge on any atom is 0.279 e. The van der Waals surface area contributed by atoms with Gasteiger partial charge in [0, 0.05) is 6.08 Å². The summed E-state index contributed by atoms with van der Waals surface area (Å²) in [5.41, 5.74) is 7.51. The Morgan fingerprint density at radius 2 is 1.89 bits per heavy atom. The molecule has 2 aromatic carbocycles. The maximum atomic E-state index is 12.1. The Kier molecular flexibility index (Phi) is 5.84. The van der Waals surface area contributed by atoms with Crippen molar-refractivity contribution < 1.29 is 23.8 Å². The Hall–Kier alpha value is -3.48. The molecule has 0 radical (unpaired) electrons. The van der Waals surface area contributed by atoms with Gasteiger partial charge in [0.1, 0.15) is 5.75 Å². The van der Waals surface area contributed by atoms with E-state index in [1.54, 1.807) is 37.3 Å². The molecule has 0 aromatic heterocycles. The van der Waals surface area contributed by atoms with Gasteiger partial charge < -0.3 is 14.2 Å². The number of rotatable bonds is 5. The van der Waals surface area contributed by atoms with Crippen LogP contribution in [0.3, 0.4) is 0 Å². The smallest absolute Gasteiger partial charge is 0.279 e. The van der Waals surface area contributed by atoms with Gasteiger partial charge in [0.05, 0.1) is 0 Å². The molecule has 146 valence electrons. The lowest BCUT2D eigenvalue weighted by molar-refractivity contribution is -0.131. The first-order chi connectivity index (χ1) is 13.4. The van der Waals surface area contributed by atoms with Gasteiger partial charge in [-0.1, -0.05) is 18.2 Å². The first-order valence-corrected chi connectivity index (χ1v) is 8.84. The monoisotopic (exact) mass is 382 g/mol. The average Bonchev–Trinajstić information content (AvgIpc) is 3.15. The fraction of sp³-hybridized carbons (Fsp3) is 0.238. The summed E-state index contributed by atoms with van der Waals surface area (Å²) in [5.74, 6) is 1.02. The highest BCUT2D eigenvalue weighted by Crippen LogP contribution is 2.32. The lowest BCUT2D eigenvalue weighted by Crippen LogP contribution is -2.46. The molecule has 0 bridgehead atoms. The minimum absolute atomic E-state index is 0.192. The summed E-state index contributed by atoms with van der Waals surface area (Å²) in [4.78, 5) is 24.1. The molecule has 0 spiro atoms. The first kappa shape index (κ1) is 19.3. The summed E-state index contributed by atoms with van der Waals surface area (Å²) >= 11 is 0. The second kappa shape index (κ2) is 8.47. The maximum absolute atomic E-state index is 12.1. The number of aryl methyl sites for hydroxylation is 1. The van der Waals surface area contributed by atoms with Crippen molar-refractivity contribution in [1.82, 2.24) is 10.9 Å². The van der Waals surface area contributed by atoms with Crippen LogP contribution in [0.15, 0.2) is 42.5 Å². The molecule has 1 aliphatic rings. The van der Waals surface area contributed by atoms with Crippen molar-refractivity contribution in [1.29, 1.82) is 0 Å². The van der Waals surface area contributed by atoms with E-state index in [0.29, 0.717) is 17.2 Å². The van der Waals surface area contributed by atoms with Crippen LogP contribution in [0.1, 0.15) is 23.6 Å². The Morgan fingerprint density at radius 1 is 1.11 bits per heavy atom. The summed E-state index contributed by atoms with van der Waals surface area (Å²) in [7, 11) is 0. The SMILES string of the molecule is Cc1cccc(O[C@@H](C)C(=O)NNC(=O)/C=C/c2ccc3c(c2)OCO3)c1C. The predicted molar refractivity (Wildman–Crippen MR) is 104 cm³/mol. The summed E-state index contributed by atoms with van der Waals surface area (Å²) in [5, 5.41) is 0. The highest BCUT2D eigenvalue weighted by molar-refractivity contribution is 5.93. The molecule has 0 aliphatic carbocycles. The second-order valence-corrected chi connectivity index (χ2v) is 6.38. The molecule has 0 fully saturated rings. The first-order valence-electron chi connectivity index (χ1n) is 8.84. The minimum atomic E-state index is -0.765. The summed E-state index contributed by atoms with van der Waals surface area (Å²) in [6.07, 6.45) is 2.16. The van der Waals surface area contributed by atoms with Crippen LogP contribution in [0.25, 0.3) is 6.08 Å². The number of nitrogens with one attached hydrogen (secondary N) is 2. The third-order valence-corrected chi connectivity index (χ3v) is 4.36. The zero-order valence-corrected chi connectivity index (χ0v) is 15.9. The van der Waals surface area contributed by atoms with Crippen molar-refractivity contribution in [3.63, 3.8) is 0 Å². The van der Waals surface area contributed by atoms with Crippen LogP contribution in [-0.4, -0.2) is 24.7 Å². The Labute approximate surface area is 163 Å². The van der Waals surface area contributed by atoms with Crippen molar-refractivity contribution in [2.45, 2.75) is 26.9 Å². The van der Waals surface area contributed by atoms with Crippen molar-refractivity contribution in [2.75, 3.05) is 6.79 Å². The van der Waals surface area contributed by atoms with E-state index in [9.17, 15) is 9.59 Å². The van der Waals surface area contributed by atoms with E-state index in [1.807, 2.05) is 26.0 Å². The molecular formula is C21H22N2O5. The van der Waals surface area contributed by atoms with Crippen LogP contribution in [0.2, 0.25) is 0 Å². The molecule has 1 atom stereocenters. The van der Waals surface area contributed by atoms with Gasteiger partial charge in [-0.2, -0.15) is 0 Å². The van der Waals surface area contributed by atoms with Crippen LogP contribution in [0, 0.1) is 13.8 Å². The van der Waals surface area contributed by atoms with E-state index >= 15 is 0 Å². The molecule has 28 heavy (non-hydrogen) atoms. The van der Waals surface area contributed by atoms with E-state index in [4.69, 9.17) is 14.2 Å². The fourth-order valence-corrected chi connectivity index (χ4v) is 2.55. The molecule has 1 heterocycles. The highest BCUT2D eigenvalue weighted by Gasteiger charge is 2.16. The highest BCUT2D eigenvalue weighted by atomic mass is 16.7. The number of carbonyl (C=O) groups is 2. The summed E-state index contributed by atoms with van der Waals surface area (Å²) in [6, 6.07) is 11.0. The number of amides is 2. The molecule has 7 heteroatoms. The second-order valence-electron chi connectivity index (χ2n) is 6.38. The lowest BCUT2D eigenvalue weighted by atomic mass is 10.1. The molecule has 2 N–H and O–H groups in total. The number of benzene rings is 2. The number of hydrogen-bond acceptors (Lipinski definition) is 5. The number of ether oxygens (including phenoxy) is 3. The molecule has 7 nitrogen and oxygen atoms in total. The Morgan fingerprint density at radius 3 is 2.71 bits per heavy atom. The third-order valence-electron chi connectivity index (χ3n) is 4.36. The van der Waals surface area contributed by atoms with Crippen LogP contribution in [-0.2, 0) is 9.59 Å². The molecule has 0 unspecified atom stereocenters. The summed E-state index contributed by atoms with van der Waals surface area (Å²) in [6.45, 7) is 5.71. The van der Waals surface area contributed by atoms with E-state index < -0.39 is 17.9 Å². The fourth-order valence-electron chi connectivity index (χ4n) is 2.55. The number of hydrogen-bond donors (Lipinski definition) is 2. The quantitative estimate of drug-likeness (QED) is 0.613. The van der Waals surface area contributed by atoms with E-state index in [1.165, 1.54) is 6.08 Å². The summed E-state index contributed by atoms with van der Waals surface area (Å²) < 4.78 is 16.2. The topological polar surface area (TPSA) is 85.9 Å². The van der Waals surface area contributed by atoms with Crippen molar-refractivity contribution >= 4 is 17.9 Å². The molecular weight excluding hydrogens is 360 g/mol. The van der Waals surface area contributed by atoms with Gasteiger partial charge in [0.25, 0.3) is 11.8 Å². The predicted octanol–water partition coefficient (Wildman–Crippen LogP) is 2.66. The van der Waals surface area contributed by atoms with Crippen LogP contribution in [0.5, 0.6) is 17.2 Å². The van der Waals surface area contributed by atoms with E-state index in [0.717, 1.165) is 16.7 Å². The Bertz CT molecular complexity index is 923. The van der Waals surface area contributed by atoms with E-state index in [2.05, 4.69) is 10.9 Å². The van der Waals surface area contributed by atoms with Gasteiger partial charge >= 0.3 is 0 Å². The molecule has 0 saturated heterocycles. The van der Waals surface area contributed by atoms with Gasteiger partial charge in [0.15, 0.2) is 17.6 Å². The third kappa shape index (κ3) is 4.62. The van der Waals surface area contributed by atoms with Gasteiger partial charge in [-0.3, -0.25) is 20.4 Å². The zero-order chi connectivity index (χ0) is 20.1. The van der Waals surface area contributed by atoms with Crippen LogP contribution < -0.4 is 25.1 Å². The Balaban J connectivity index is 1.49. The largest absolute Gasteiger partial charge is 0.481 e. The standard InChI is InChI=1S/C21H22N2O5/c1-13-5-4-6-17(14(13)2)28-15(3)21(25)23-22-20(24)10-8-16-7-9-18-19(11-16)27-12-26-18/h4-11,15H,12H2,1-3H3,(H,22,24)(H,23,25)/b10-8+/t15-/m0/s1. The van der Waals surface area contributed by atoms with Gasteiger partial charge in [-0.15, -0.1) is 0 Å². The molecule has 2 aromatic rings. The van der Waals surface area contributed by atoms with Crippen molar-refractivity contribution in [3.8, 4) is 17.2 Å². The van der Waals surface area contributed by atoms with Gasteiger partial charge in [0.2, 0.25) is 6.79 Å². The number of carbonyl (C=O) groups excluding carboxylic acids is 2. The minimum Gasteiger partial charge on any atom is -0.481 e. The van der Waals surface area contributed by atoms with Crippen LogP contribution >= 0.6 is 0 Å². The van der Waals surface area contributed by atoms with Gasteiger partial charge in [-0.05, 0) is 61.7 Å². The molecule has 0 saturated carbocycles. The van der Waals surface area contributed by atoms with Crippen molar-refractivity contribution in [3.05, 3.63) is 59.2 Å². The molecule has 1 aliphatic heterocycles. The number of hydrazine groups is 1. The van der Waals surface area contributed by atoms with Crippen molar-refractivity contribution in [2.24, 2.45) is 0 Å². The molecule has 2 amide bonds. The normalized spacial score (nSPS) is 13.2. The average molecular weight is 382 g/mol.